The van der Waals surface area contributed by atoms with Crippen molar-refractivity contribution in [2.24, 2.45) is 5.92 Å². The summed E-state index contributed by atoms with van der Waals surface area (Å²) in [5, 5.41) is 0. The molecule has 162 valence electrons. The average molecular weight is 411 g/mol. The molecule has 0 aromatic heterocycles. The van der Waals surface area contributed by atoms with E-state index < -0.39 is 0 Å². The minimum atomic E-state index is 0.226. The maximum absolute atomic E-state index is 13.1. The van der Waals surface area contributed by atoms with Crippen LogP contribution in [0.2, 0.25) is 0 Å². The van der Waals surface area contributed by atoms with Crippen LogP contribution in [-0.4, -0.2) is 44.2 Å². The molecule has 1 aliphatic rings. The van der Waals surface area contributed by atoms with E-state index in [4.69, 9.17) is 9.47 Å². The number of anilines is 1. The van der Waals surface area contributed by atoms with Crippen molar-refractivity contribution in [1.82, 2.24) is 4.90 Å². The highest BCUT2D eigenvalue weighted by atomic mass is 16.5. The first-order valence-electron chi connectivity index (χ1n) is 10.8. The van der Waals surface area contributed by atoms with Gasteiger partial charge in [-0.2, -0.15) is 0 Å². The third-order valence-corrected chi connectivity index (χ3v) is 5.69. The fourth-order valence-corrected chi connectivity index (χ4v) is 4.25. The van der Waals surface area contributed by atoms with Crippen LogP contribution < -0.4 is 14.4 Å². The Morgan fingerprint density at radius 2 is 1.73 bits per heavy atom. The molecular formula is C25H34N2O3. The first-order chi connectivity index (χ1) is 14.5. The molecule has 5 heteroatoms. The summed E-state index contributed by atoms with van der Waals surface area (Å²) in [5.41, 5.74) is 2.14. The molecule has 1 amide bonds. The van der Waals surface area contributed by atoms with Crippen LogP contribution >= 0.6 is 0 Å². The van der Waals surface area contributed by atoms with E-state index in [0.717, 1.165) is 55.2 Å². The first kappa shape index (κ1) is 22.2. The first-order valence-corrected chi connectivity index (χ1v) is 10.8. The summed E-state index contributed by atoms with van der Waals surface area (Å²) in [4.78, 5) is 17.5. The maximum atomic E-state index is 13.1. The Bertz CT molecular complexity index is 814. The van der Waals surface area contributed by atoms with Crippen LogP contribution in [0, 0.1) is 5.92 Å². The second-order valence-electron chi connectivity index (χ2n) is 8.36. The number of methoxy groups -OCH3 is 2. The number of amides is 1. The van der Waals surface area contributed by atoms with E-state index in [1.54, 1.807) is 14.2 Å². The van der Waals surface area contributed by atoms with Crippen LogP contribution in [0.4, 0.5) is 5.69 Å². The third-order valence-electron chi connectivity index (χ3n) is 5.69. The van der Waals surface area contributed by atoms with Crippen LogP contribution in [0.3, 0.4) is 0 Å². The van der Waals surface area contributed by atoms with Gasteiger partial charge in [-0.3, -0.25) is 9.69 Å². The Labute approximate surface area is 180 Å². The van der Waals surface area contributed by atoms with Gasteiger partial charge in [0.2, 0.25) is 5.91 Å². The minimum absolute atomic E-state index is 0.226. The van der Waals surface area contributed by atoms with E-state index in [1.807, 2.05) is 47.4 Å². The summed E-state index contributed by atoms with van der Waals surface area (Å²) in [6.45, 7) is 6.92. The van der Waals surface area contributed by atoms with Gasteiger partial charge in [-0.25, -0.2) is 0 Å². The second-order valence-corrected chi connectivity index (χ2v) is 8.36. The molecule has 0 bridgehead atoms. The lowest BCUT2D eigenvalue weighted by atomic mass is 9.99. The lowest BCUT2D eigenvalue weighted by Crippen LogP contribution is -2.47. The number of nitrogens with zero attached hydrogens (tertiary/aromatic N) is 2. The number of benzene rings is 2. The monoisotopic (exact) mass is 410 g/mol. The number of likely N-dealkylation sites (tertiary alicyclic amines) is 1. The van der Waals surface area contributed by atoms with Gasteiger partial charge in [-0.1, -0.05) is 44.2 Å². The van der Waals surface area contributed by atoms with Crippen molar-refractivity contribution < 1.29 is 14.3 Å². The zero-order valence-corrected chi connectivity index (χ0v) is 18.6. The smallest absolute Gasteiger partial charge is 0.227 e. The van der Waals surface area contributed by atoms with E-state index in [1.165, 1.54) is 0 Å². The zero-order valence-electron chi connectivity index (χ0n) is 18.6. The van der Waals surface area contributed by atoms with E-state index in [-0.39, 0.29) is 11.9 Å². The SMILES string of the molecule is COc1cccc(CN2CCC(N(C(=O)CC(C)C)c3ccccc3)CC2)c1OC. The predicted molar refractivity (Wildman–Crippen MR) is 121 cm³/mol. The molecule has 0 atom stereocenters. The molecule has 2 aromatic carbocycles. The second kappa shape index (κ2) is 10.5. The van der Waals surface area contributed by atoms with Gasteiger partial charge in [0, 0.05) is 43.3 Å². The Balaban J connectivity index is 1.69. The van der Waals surface area contributed by atoms with Gasteiger partial charge in [0.1, 0.15) is 0 Å². The molecule has 1 heterocycles. The van der Waals surface area contributed by atoms with Gasteiger partial charge in [0.25, 0.3) is 0 Å². The molecule has 1 aliphatic heterocycles. The number of rotatable bonds is 8. The summed E-state index contributed by atoms with van der Waals surface area (Å²) in [5.74, 6) is 2.15. The molecule has 0 unspecified atom stereocenters. The fourth-order valence-electron chi connectivity index (χ4n) is 4.25. The Morgan fingerprint density at radius 1 is 1.03 bits per heavy atom. The topological polar surface area (TPSA) is 42.0 Å². The number of hydrogen-bond acceptors (Lipinski definition) is 4. The highest BCUT2D eigenvalue weighted by Gasteiger charge is 2.29. The number of piperidine rings is 1. The standard InChI is InChI=1S/C25H34N2O3/c1-19(2)17-24(28)27(21-10-6-5-7-11-21)22-13-15-26(16-14-22)18-20-9-8-12-23(29-3)25(20)30-4/h5-12,19,22H,13-18H2,1-4H3. The van der Waals surface area contributed by atoms with Gasteiger partial charge in [0.05, 0.1) is 14.2 Å². The van der Waals surface area contributed by atoms with Crippen LogP contribution in [0.25, 0.3) is 0 Å². The molecule has 1 saturated heterocycles. The highest BCUT2D eigenvalue weighted by molar-refractivity contribution is 5.94. The van der Waals surface area contributed by atoms with Gasteiger partial charge >= 0.3 is 0 Å². The fraction of sp³-hybridized carbons (Fsp3) is 0.480. The summed E-state index contributed by atoms with van der Waals surface area (Å²) in [6, 6.07) is 16.4. The molecule has 3 rings (SSSR count). The van der Waals surface area contributed by atoms with Gasteiger partial charge in [-0.05, 0) is 37.0 Å². The lowest BCUT2D eigenvalue weighted by molar-refractivity contribution is -0.120. The Morgan fingerprint density at radius 3 is 2.33 bits per heavy atom. The Kier molecular flexibility index (Phi) is 7.75. The quantitative estimate of drug-likeness (QED) is 0.630. The van der Waals surface area contributed by atoms with Gasteiger partial charge in [-0.15, -0.1) is 0 Å². The van der Waals surface area contributed by atoms with Gasteiger partial charge < -0.3 is 14.4 Å². The van der Waals surface area contributed by atoms with Crippen molar-refractivity contribution in [1.29, 1.82) is 0 Å². The van der Waals surface area contributed by atoms with Crippen molar-refractivity contribution >= 4 is 11.6 Å². The maximum Gasteiger partial charge on any atom is 0.227 e. The summed E-state index contributed by atoms with van der Waals surface area (Å²) in [7, 11) is 3.35. The molecule has 0 N–H and O–H groups in total. The van der Waals surface area contributed by atoms with Crippen molar-refractivity contribution in [3.05, 3.63) is 54.1 Å². The average Bonchev–Trinajstić information content (AvgIpc) is 2.75. The highest BCUT2D eigenvalue weighted by Crippen LogP contribution is 2.32. The number of carbonyl (C=O) groups is 1. The number of carbonyl (C=O) groups excluding carboxylic acids is 1. The predicted octanol–water partition coefficient (Wildman–Crippen LogP) is 4.75. The molecule has 0 aliphatic carbocycles. The summed E-state index contributed by atoms with van der Waals surface area (Å²) in [6.07, 6.45) is 2.51. The van der Waals surface area contributed by atoms with Gasteiger partial charge in [0.15, 0.2) is 11.5 Å². The number of ether oxygens (including phenoxy) is 2. The summed E-state index contributed by atoms with van der Waals surface area (Å²) >= 11 is 0. The molecule has 0 saturated carbocycles. The number of hydrogen-bond donors (Lipinski definition) is 0. The Hall–Kier alpha value is -2.53. The van der Waals surface area contributed by atoms with Crippen molar-refractivity contribution in [3.63, 3.8) is 0 Å². The van der Waals surface area contributed by atoms with Crippen molar-refractivity contribution in [3.8, 4) is 11.5 Å². The van der Waals surface area contributed by atoms with Crippen LogP contribution in [-0.2, 0) is 11.3 Å². The third kappa shape index (κ3) is 5.33. The van der Waals surface area contributed by atoms with E-state index in [9.17, 15) is 4.79 Å². The molecule has 30 heavy (non-hydrogen) atoms. The molecule has 0 spiro atoms. The van der Waals surface area contributed by atoms with Crippen molar-refractivity contribution in [2.45, 2.75) is 45.7 Å². The largest absolute Gasteiger partial charge is 0.493 e. The molecule has 5 nitrogen and oxygen atoms in total. The summed E-state index contributed by atoms with van der Waals surface area (Å²) < 4.78 is 11.0. The zero-order chi connectivity index (χ0) is 21.5. The van der Waals surface area contributed by atoms with E-state index >= 15 is 0 Å². The lowest BCUT2D eigenvalue weighted by Gasteiger charge is -2.39. The van der Waals surface area contributed by atoms with E-state index in [0.29, 0.717) is 12.3 Å². The molecule has 0 radical (unpaired) electrons. The minimum Gasteiger partial charge on any atom is -0.493 e. The molecule has 1 fully saturated rings. The van der Waals surface area contributed by atoms with Crippen LogP contribution in [0.5, 0.6) is 11.5 Å². The normalized spacial score (nSPS) is 15.2. The number of para-hydroxylation sites is 2. The van der Waals surface area contributed by atoms with Crippen LogP contribution in [0.1, 0.15) is 38.7 Å². The van der Waals surface area contributed by atoms with Crippen LogP contribution in [0.15, 0.2) is 48.5 Å². The molecular weight excluding hydrogens is 376 g/mol. The van der Waals surface area contributed by atoms with E-state index in [2.05, 4.69) is 24.8 Å². The van der Waals surface area contributed by atoms with Crippen molar-refractivity contribution in [2.75, 3.05) is 32.2 Å². The molecule has 2 aromatic rings.